The number of hydrogen-bond donors (Lipinski definition) is 2. The van der Waals surface area contributed by atoms with E-state index in [1.165, 1.54) is 12.7 Å². The monoisotopic (exact) mass is 448 g/mol. The first-order chi connectivity index (χ1) is 14.9. The highest BCUT2D eigenvalue weighted by Gasteiger charge is 2.63. The molecule has 4 atom stereocenters. The van der Waals surface area contributed by atoms with Crippen molar-refractivity contribution >= 4 is 27.3 Å². The second-order valence-electron chi connectivity index (χ2n) is 7.40. The molecule has 3 aromatic rings. The molecule has 2 fully saturated rings. The Kier molecular flexibility index (Phi) is 4.88. The molecule has 13 heteroatoms. The van der Waals surface area contributed by atoms with E-state index in [9.17, 15) is 8.42 Å². The quantitative estimate of drug-likeness (QED) is 0.497. The zero-order valence-corrected chi connectivity index (χ0v) is 17.0. The number of nitrogens with zero attached hydrogens (tertiary/aromatic N) is 4. The molecule has 2 saturated heterocycles. The molecule has 12 nitrogen and oxygen atoms in total. The molecule has 2 aliphatic rings. The van der Waals surface area contributed by atoms with Gasteiger partial charge in [0.25, 0.3) is 0 Å². The summed E-state index contributed by atoms with van der Waals surface area (Å²) < 4.78 is 47.8. The van der Waals surface area contributed by atoms with Gasteiger partial charge >= 0.3 is 10.3 Å². The van der Waals surface area contributed by atoms with Crippen LogP contribution >= 0.6 is 0 Å². The Morgan fingerprint density at radius 1 is 1.23 bits per heavy atom. The zero-order chi connectivity index (χ0) is 21.6. The molecule has 0 aliphatic carbocycles. The standard InChI is InChI=1S/C18H20N6O6S/c19-15-12-16(22-9-21-15)24(10-23-12)17-13-14(27-6-11-4-2-1-3-5-11)18(30-17,7-28-13)8-29-31(20,25)26/h1-5,9-10,13-14,17H,6-8H2,(H2,19,21,22)(H2,20,25,26)/t13-,14+,17-,18-/m1/s1. The maximum atomic E-state index is 11.4. The summed E-state index contributed by atoms with van der Waals surface area (Å²) in [6.45, 7) is -0.00664. The second kappa shape index (κ2) is 7.47. The number of anilines is 1. The maximum Gasteiger partial charge on any atom is 0.333 e. The van der Waals surface area contributed by atoms with E-state index in [0.717, 1.165) is 5.56 Å². The Labute approximate surface area is 177 Å². The lowest BCUT2D eigenvalue weighted by molar-refractivity contribution is -0.183. The van der Waals surface area contributed by atoms with Crippen LogP contribution in [-0.2, 0) is 35.3 Å². The molecule has 0 radical (unpaired) electrons. The van der Waals surface area contributed by atoms with Gasteiger partial charge in [-0.1, -0.05) is 30.3 Å². The number of benzene rings is 1. The lowest BCUT2D eigenvalue weighted by Gasteiger charge is -2.30. The van der Waals surface area contributed by atoms with Crippen LogP contribution in [0, 0.1) is 0 Å². The van der Waals surface area contributed by atoms with Gasteiger partial charge in [-0.3, -0.25) is 8.75 Å². The SMILES string of the molecule is Nc1ncnc2c1ncn2[C@@H]1O[C@@]2(COS(N)(=O)=O)CO[C@@H]1[C@@H]2OCc1ccccc1. The summed E-state index contributed by atoms with van der Waals surface area (Å²) in [4.78, 5) is 12.4. The number of fused-ring (bicyclic) bond motifs is 3. The Hall–Kier alpha value is -2.68. The molecule has 0 saturated carbocycles. The van der Waals surface area contributed by atoms with Crippen LogP contribution in [-0.4, -0.2) is 59.0 Å². The van der Waals surface area contributed by atoms with Crippen molar-refractivity contribution in [1.82, 2.24) is 19.5 Å². The maximum absolute atomic E-state index is 11.4. The van der Waals surface area contributed by atoms with Gasteiger partial charge in [-0.05, 0) is 5.56 Å². The van der Waals surface area contributed by atoms with E-state index in [0.29, 0.717) is 11.2 Å². The summed E-state index contributed by atoms with van der Waals surface area (Å²) >= 11 is 0. The van der Waals surface area contributed by atoms with Crippen LogP contribution in [0.5, 0.6) is 0 Å². The predicted molar refractivity (Wildman–Crippen MR) is 106 cm³/mol. The highest BCUT2D eigenvalue weighted by molar-refractivity contribution is 7.84. The van der Waals surface area contributed by atoms with E-state index >= 15 is 0 Å². The van der Waals surface area contributed by atoms with E-state index in [-0.39, 0.29) is 25.6 Å². The van der Waals surface area contributed by atoms with E-state index in [2.05, 4.69) is 15.0 Å². The second-order valence-corrected chi connectivity index (χ2v) is 8.63. The Balaban J connectivity index is 1.47. The van der Waals surface area contributed by atoms with Crippen molar-refractivity contribution in [3.8, 4) is 0 Å². The van der Waals surface area contributed by atoms with E-state index < -0.39 is 34.3 Å². The van der Waals surface area contributed by atoms with Crippen LogP contribution in [0.3, 0.4) is 0 Å². The fourth-order valence-electron chi connectivity index (χ4n) is 3.96. The first-order valence-corrected chi connectivity index (χ1v) is 10.9. The largest absolute Gasteiger partial charge is 0.382 e. The molecule has 2 aliphatic heterocycles. The third kappa shape index (κ3) is 3.64. The summed E-state index contributed by atoms with van der Waals surface area (Å²) in [6, 6.07) is 9.56. The van der Waals surface area contributed by atoms with Crippen molar-refractivity contribution in [2.24, 2.45) is 5.14 Å². The smallest absolute Gasteiger partial charge is 0.333 e. The van der Waals surface area contributed by atoms with E-state index in [1.54, 1.807) is 4.57 Å². The third-order valence-corrected chi connectivity index (χ3v) is 5.82. The minimum atomic E-state index is -4.19. The summed E-state index contributed by atoms with van der Waals surface area (Å²) in [7, 11) is -4.19. The van der Waals surface area contributed by atoms with E-state index in [1.807, 2.05) is 30.3 Å². The summed E-state index contributed by atoms with van der Waals surface area (Å²) in [6.07, 6.45) is 0.954. The van der Waals surface area contributed by atoms with Crippen molar-refractivity contribution in [2.75, 3.05) is 18.9 Å². The average molecular weight is 448 g/mol. The van der Waals surface area contributed by atoms with Gasteiger partial charge in [0.15, 0.2) is 17.7 Å². The summed E-state index contributed by atoms with van der Waals surface area (Å²) in [5.74, 6) is 0.233. The van der Waals surface area contributed by atoms with Gasteiger partial charge in [-0.15, -0.1) is 0 Å². The highest BCUT2D eigenvalue weighted by atomic mass is 32.2. The molecule has 164 valence electrons. The average Bonchev–Trinajstić information content (AvgIpc) is 3.41. The first kappa shape index (κ1) is 20.2. The van der Waals surface area contributed by atoms with Crippen molar-refractivity contribution in [2.45, 2.75) is 30.6 Å². The van der Waals surface area contributed by atoms with Gasteiger partial charge in [0, 0.05) is 0 Å². The normalized spacial score (nSPS) is 27.8. The minimum Gasteiger partial charge on any atom is -0.382 e. The van der Waals surface area contributed by atoms with Crippen LogP contribution in [0.4, 0.5) is 5.82 Å². The van der Waals surface area contributed by atoms with Gasteiger partial charge in [-0.2, -0.15) is 8.42 Å². The van der Waals surface area contributed by atoms with Crippen LogP contribution in [0.2, 0.25) is 0 Å². The van der Waals surface area contributed by atoms with Gasteiger partial charge in [0.05, 0.1) is 19.5 Å². The number of aromatic nitrogens is 4. The Bertz CT molecular complexity index is 1200. The molecule has 4 N–H and O–H groups in total. The van der Waals surface area contributed by atoms with Crippen LogP contribution < -0.4 is 10.9 Å². The van der Waals surface area contributed by atoms with E-state index in [4.69, 9.17) is 29.3 Å². The molecule has 5 rings (SSSR count). The zero-order valence-electron chi connectivity index (χ0n) is 16.2. The first-order valence-electron chi connectivity index (χ1n) is 9.41. The fourth-order valence-corrected chi connectivity index (χ4v) is 4.33. The van der Waals surface area contributed by atoms with Crippen LogP contribution in [0.15, 0.2) is 43.0 Å². The molecule has 0 unspecified atom stereocenters. The highest BCUT2D eigenvalue weighted by Crippen LogP contribution is 2.47. The van der Waals surface area contributed by atoms with Crippen LogP contribution in [0.25, 0.3) is 11.2 Å². The lowest BCUT2D eigenvalue weighted by Crippen LogP contribution is -2.47. The van der Waals surface area contributed by atoms with Crippen LogP contribution in [0.1, 0.15) is 11.8 Å². The number of nitrogen functional groups attached to an aromatic ring is 1. The van der Waals surface area contributed by atoms with Gasteiger partial charge < -0.3 is 19.9 Å². The third-order valence-electron chi connectivity index (χ3n) is 5.37. The molecule has 31 heavy (non-hydrogen) atoms. The predicted octanol–water partition coefficient (Wildman–Crippen LogP) is -0.120. The van der Waals surface area contributed by atoms with Crippen molar-refractivity contribution in [3.63, 3.8) is 0 Å². The number of nitrogens with two attached hydrogens (primary N) is 2. The van der Waals surface area contributed by atoms with Crippen molar-refractivity contribution < 1.29 is 26.8 Å². The molecule has 1 aromatic carbocycles. The minimum absolute atomic E-state index is 0.0763. The molecule has 2 bridgehead atoms. The Morgan fingerprint density at radius 2 is 2.03 bits per heavy atom. The molecular weight excluding hydrogens is 428 g/mol. The van der Waals surface area contributed by atoms with Crippen molar-refractivity contribution in [3.05, 3.63) is 48.5 Å². The number of ether oxygens (including phenoxy) is 3. The van der Waals surface area contributed by atoms with Gasteiger partial charge in [0.1, 0.15) is 36.3 Å². The summed E-state index contributed by atoms with van der Waals surface area (Å²) in [5.41, 5.74) is 6.52. The Morgan fingerprint density at radius 3 is 2.81 bits per heavy atom. The molecular formula is C18H20N6O6S. The number of rotatable bonds is 7. The number of imidazole rings is 1. The molecule has 4 heterocycles. The topological polar surface area (TPSA) is 167 Å². The number of hydrogen-bond acceptors (Lipinski definition) is 10. The van der Waals surface area contributed by atoms with Crippen molar-refractivity contribution in [1.29, 1.82) is 0 Å². The molecule has 0 spiro atoms. The molecule has 0 amide bonds. The summed E-state index contributed by atoms with van der Waals surface area (Å²) in [5, 5.41) is 5.04. The molecule has 2 aromatic heterocycles. The fraction of sp³-hybridized carbons (Fsp3) is 0.389. The van der Waals surface area contributed by atoms with Gasteiger partial charge in [-0.25, -0.2) is 20.1 Å². The lowest BCUT2D eigenvalue weighted by atomic mass is 10.00. The van der Waals surface area contributed by atoms with Gasteiger partial charge in [0.2, 0.25) is 0 Å².